The molecular weight excluding hydrogens is 658 g/mol. The van der Waals surface area contributed by atoms with Crippen LogP contribution in [0.5, 0.6) is 0 Å². The van der Waals surface area contributed by atoms with Crippen molar-refractivity contribution in [2.75, 3.05) is 50.0 Å². The van der Waals surface area contributed by atoms with E-state index in [1.54, 1.807) is 37.6 Å². The van der Waals surface area contributed by atoms with Crippen molar-refractivity contribution in [3.8, 4) is 11.5 Å². The lowest BCUT2D eigenvalue weighted by Gasteiger charge is -2.32. The van der Waals surface area contributed by atoms with Crippen LogP contribution in [0.3, 0.4) is 0 Å². The van der Waals surface area contributed by atoms with Crippen LogP contribution in [0.15, 0.2) is 35.2 Å². The third kappa shape index (κ3) is 10.1. The Labute approximate surface area is 298 Å². The highest BCUT2D eigenvalue weighted by Crippen LogP contribution is 2.36. The molecule has 278 valence electrons. The number of alkyl halides is 2. The fourth-order valence-electron chi connectivity index (χ4n) is 7.08. The first-order valence-electron chi connectivity index (χ1n) is 18.4. The topological polar surface area (TPSA) is 131 Å². The molecule has 2 aliphatic carbocycles. The highest BCUT2D eigenvalue weighted by Gasteiger charge is 2.32. The number of carbonyl (C=O) groups excluding carboxylic acids is 2. The average Bonchev–Trinajstić information content (AvgIpc) is 3.60. The van der Waals surface area contributed by atoms with E-state index >= 15 is 0 Å². The largest absolute Gasteiger partial charge is 0.444 e. The first-order valence-corrected chi connectivity index (χ1v) is 18.4. The number of nitrogens with zero attached hydrogens (tertiary/aromatic N) is 6. The van der Waals surface area contributed by atoms with E-state index in [2.05, 4.69) is 37.6 Å². The van der Waals surface area contributed by atoms with Gasteiger partial charge in [0.25, 0.3) is 12.3 Å². The monoisotopic (exact) mass is 710 g/mol. The molecule has 2 amide bonds. The van der Waals surface area contributed by atoms with Crippen molar-refractivity contribution < 1.29 is 27.5 Å². The minimum atomic E-state index is -2.86. The Morgan fingerprint density at radius 1 is 1.06 bits per heavy atom. The van der Waals surface area contributed by atoms with E-state index in [-0.39, 0.29) is 23.3 Å². The molecule has 3 aromatic rings. The van der Waals surface area contributed by atoms with E-state index in [1.165, 1.54) is 42.8 Å². The second-order valence-electron chi connectivity index (χ2n) is 15.6. The molecule has 6 rings (SSSR count). The predicted octanol–water partition coefficient (Wildman–Crippen LogP) is 7.33. The number of hydrogen-bond donors (Lipinski definition) is 2. The zero-order valence-electron chi connectivity index (χ0n) is 30.2. The van der Waals surface area contributed by atoms with Gasteiger partial charge in [-0.25, -0.2) is 23.5 Å². The summed E-state index contributed by atoms with van der Waals surface area (Å²) in [4.78, 5) is 39.0. The fourth-order valence-corrected chi connectivity index (χ4v) is 7.08. The lowest BCUT2D eigenvalue weighted by molar-refractivity contribution is 0.0577. The second kappa shape index (κ2) is 16.2. The lowest BCUT2D eigenvalue weighted by Crippen LogP contribution is -2.38. The Kier molecular flexibility index (Phi) is 11.7. The molecule has 3 aliphatic rings. The Hall–Kier alpha value is -3.91. The molecule has 1 aliphatic heterocycles. The smallest absolute Gasteiger partial charge is 0.416 e. The summed E-state index contributed by atoms with van der Waals surface area (Å²) in [5.74, 6) is 1.56. The average molecular weight is 711 g/mol. The molecule has 0 bridgehead atoms. The van der Waals surface area contributed by atoms with Gasteiger partial charge in [0.1, 0.15) is 17.7 Å². The molecule has 0 aromatic carbocycles. The summed E-state index contributed by atoms with van der Waals surface area (Å²) in [5, 5.41) is 10.2. The van der Waals surface area contributed by atoms with Crippen molar-refractivity contribution >= 4 is 23.5 Å². The Morgan fingerprint density at radius 3 is 2.45 bits per heavy atom. The number of pyridine rings is 1. The summed E-state index contributed by atoms with van der Waals surface area (Å²) in [5.41, 5.74) is -0.775. The van der Waals surface area contributed by atoms with Gasteiger partial charge in [-0.05, 0) is 135 Å². The molecule has 3 fully saturated rings. The summed E-state index contributed by atoms with van der Waals surface area (Å²) in [6.45, 7) is 10.3. The first-order chi connectivity index (χ1) is 24.4. The second-order valence-corrected chi connectivity index (χ2v) is 15.6. The van der Waals surface area contributed by atoms with Gasteiger partial charge < -0.3 is 24.7 Å². The van der Waals surface area contributed by atoms with E-state index < -0.39 is 29.7 Å². The molecule has 3 aromatic heterocycles. The maximum Gasteiger partial charge on any atom is 0.416 e. The zero-order chi connectivity index (χ0) is 36.1. The number of nitrogens with one attached hydrogen (secondary N) is 2. The van der Waals surface area contributed by atoms with Crippen LogP contribution in [-0.2, 0) is 4.74 Å². The number of anilines is 2. The van der Waals surface area contributed by atoms with E-state index in [9.17, 15) is 18.4 Å². The molecule has 0 atom stereocenters. The SMILES string of the molecule is CN(CCC1CCNCC1)CC1CCC(n2cc(NC(=O)c3coc(-c4ccnc(N(CC5CC5)C(=O)OC(C)(C)C)c4)n3)c(C(F)F)n2)CC1. The molecule has 12 nitrogen and oxygen atoms in total. The molecule has 14 heteroatoms. The van der Waals surface area contributed by atoms with Gasteiger partial charge in [-0.1, -0.05) is 0 Å². The third-order valence-corrected chi connectivity index (χ3v) is 10.1. The Bertz CT molecular complexity index is 1620. The highest BCUT2D eigenvalue weighted by molar-refractivity contribution is 6.03. The molecule has 51 heavy (non-hydrogen) atoms. The molecule has 2 saturated carbocycles. The number of hydrogen-bond acceptors (Lipinski definition) is 9. The first kappa shape index (κ1) is 36.9. The minimum absolute atomic E-state index is 0.0101. The fraction of sp³-hybridized carbons (Fsp3) is 0.649. The van der Waals surface area contributed by atoms with Crippen molar-refractivity contribution in [3.05, 3.63) is 42.2 Å². The molecule has 4 heterocycles. The number of piperidine rings is 1. The number of aromatic nitrogens is 4. The van der Waals surface area contributed by atoms with Crippen LogP contribution in [0.1, 0.15) is 107 Å². The maximum atomic E-state index is 14.1. The summed E-state index contributed by atoms with van der Waals surface area (Å²) >= 11 is 0. The summed E-state index contributed by atoms with van der Waals surface area (Å²) in [6.07, 6.45) is 10.4. The van der Waals surface area contributed by atoms with Crippen LogP contribution in [0.25, 0.3) is 11.5 Å². The number of rotatable bonds is 13. The Morgan fingerprint density at radius 2 is 1.76 bits per heavy atom. The number of oxazole rings is 1. The van der Waals surface area contributed by atoms with Gasteiger partial charge in [-0.2, -0.15) is 5.10 Å². The van der Waals surface area contributed by atoms with Gasteiger partial charge in [0.2, 0.25) is 5.89 Å². The maximum absolute atomic E-state index is 14.1. The minimum Gasteiger partial charge on any atom is -0.444 e. The van der Waals surface area contributed by atoms with Crippen LogP contribution in [-0.4, -0.2) is 82.0 Å². The van der Waals surface area contributed by atoms with Gasteiger partial charge in [0.05, 0.1) is 11.7 Å². The number of halogens is 2. The molecule has 0 spiro atoms. The molecule has 1 saturated heterocycles. The summed E-state index contributed by atoms with van der Waals surface area (Å²) in [6, 6.07) is 3.30. The lowest BCUT2D eigenvalue weighted by atomic mass is 9.85. The van der Waals surface area contributed by atoms with E-state index in [4.69, 9.17) is 9.15 Å². The van der Waals surface area contributed by atoms with Gasteiger partial charge in [-0.3, -0.25) is 14.4 Å². The normalized spacial score (nSPS) is 20.2. The van der Waals surface area contributed by atoms with Crippen molar-refractivity contribution in [1.29, 1.82) is 0 Å². The predicted molar refractivity (Wildman–Crippen MR) is 190 cm³/mol. The van der Waals surface area contributed by atoms with E-state index in [1.807, 2.05) is 0 Å². The zero-order valence-corrected chi connectivity index (χ0v) is 30.2. The molecule has 2 N–H and O–H groups in total. The van der Waals surface area contributed by atoms with Crippen molar-refractivity contribution in [2.45, 2.75) is 96.6 Å². The standard InChI is InChI=1S/C37H52F2N8O4/c1-37(2,3)51-36(49)46(21-26-5-6-26)31-19-27(13-17-41-31)35-43-30(23-50-35)34(48)42-29-22-47(44-32(29)33(38)39)28-9-7-25(8-10-28)20-45(4)18-14-24-11-15-40-16-12-24/h13,17,19,22-26,28,33,40H,5-12,14-16,18,20-21H2,1-4H3,(H,42,48). The van der Waals surface area contributed by atoms with Crippen LogP contribution < -0.4 is 15.5 Å². The van der Waals surface area contributed by atoms with Gasteiger partial charge in [-0.15, -0.1) is 0 Å². The number of ether oxygens (including phenoxy) is 1. The summed E-state index contributed by atoms with van der Waals surface area (Å²) in [7, 11) is 2.20. The van der Waals surface area contributed by atoms with E-state index in [0.717, 1.165) is 70.6 Å². The van der Waals surface area contributed by atoms with E-state index in [0.29, 0.717) is 29.8 Å². The quantitative estimate of drug-likeness (QED) is 0.187. The van der Waals surface area contributed by atoms with Crippen LogP contribution in [0.2, 0.25) is 0 Å². The Balaban J connectivity index is 1.06. The van der Waals surface area contributed by atoms with Crippen LogP contribution in [0.4, 0.5) is 25.1 Å². The van der Waals surface area contributed by atoms with Crippen LogP contribution >= 0.6 is 0 Å². The van der Waals surface area contributed by atoms with Crippen molar-refractivity contribution in [2.24, 2.45) is 17.8 Å². The molecule has 0 radical (unpaired) electrons. The van der Waals surface area contributed by atoms with Crippen molar-refractivity contribution in [1.82, 2.24) is 30.0 Å². The highest BCUT2D eigenvalue weighted by atomic mass is 19.3. The van der Waals surface area contributed by atoms with Crippen molar-refractivity contribution in [3.63, 3.8) is 0 Å². The molecular formula is C37H52F2N8O4. The van der Waals surface area contributed by atoms with Gasteiger partial charge in [0, 0.05) is 31.0 Å². The number of amides is 2. The third-order valence-electron chi connectivity index (χ3n) is 10.1. The number of carbonyl (C=O) groups is 2. The summed E-state index contributed by atoms with van der Waals surface area (Å²) < 4.78 is 41.1. The molecule has 0 unspecified atom stereocenters. The van der Waals surface area contributed by atoms with Crippen LogP contribution in [0, 0.1) is 17.8 Å². The van der Waals surface area contributed by atoms with Gasteiger partial charge in [0.15, 0.2) is 11.4 Å². The van der Waals surface area contributed by atoms with Gasteiger partial charge >= 0.3 is 6.09 Å².